The molecule has 0 aromatic carbocycles. The molecule has 0 saturated heterocycles. The lowest BCUT2D eigenvalue weighted by Crippen LogP contribution is -2.52. The van der Waals surface area contributed by atoms with Gasteiger partial charge in [-0.15, -0.1) is 0 Å². The molecule has 9 nitrogen and oxygen atoms in total. The number of carbonyl (C=O) groups is 4. The molecule has 2 atom stereocenters. The Morgan fingerprint density at radius 2 is 1.57 bits per heavy atom. The second-order valence-electron chi connectivity index (χ2n) is 4.81. The Bertz CT molecular complexity index is 408. The van der Waals surface area contributed by atoms with Crippen molar-refractivity contribution in [3.63, 3.8) is 0 Å². The predicted octanol–water partition coefficient (Wildman–Crippen LogP) is -0.199. The smallest absolute Gasteiger partial charge is 0.328 e. The third kappa shape index (κ3) is 7.75. The molecule has 0 rings (SSSR count). The maximum atomic E-state index is 11.7. The summed E-state index contributed by atoms with van der Waals surface area (Å²) in [5.74, 6) is -3.42. The Morgan fingerprint density at radius 3 is 1.95 bits per heavy atom. The average Bonchev–Trinajstić information content (AvgIpc) is 2.34. The summed E-state index contributed by atoms with van der Waals surface area (Å²) in [6.07, 6.45) is -0.466. The molecule has 0 saturated carbocycles. The van der Waals surface area contributed by atoms with Crippen molar-refractivity contribution in [2.45, 2.75) is 38.8 Å². The first-order valence-corrected chi connectivity index (χ1v) is 6.26. The van der Waals surface area contributed by atoms with E-state index in [1.54, 1.807) is 0 Å². The van der Waals surface area contributed by atoms with E-state index in [1.807, 2.05) is 19.2 Å². The highest BCUT2D eigenvalue weighted by atomic mass is 16.5. The molecule has 0 aliphatic rings. The second kappa shape index (κ2) is 8.77. The Morgan fingerprint density at radius 1 is 1.05 bits per heavy atom. The van der Waals surface area contributed by atoms with Gasteiger partial charge in [-0.05, 0) is 12.3 Å². The number of esters is 1. The van der Waals surface area contributed by atoms with Crippen LogP contribution in [0.25, 0.3) is 0 Å². The fourth-order valence-corrected chi connectivity index (χ4v) is 1.56. The van der Waals surface area contributed by atoms with E-state index < -0.39 is 42.4 Å². The summed E-state index contributed by atoms with van der Waals surface area (Å²) in [7, 11) is 1.17. The first kappa shape index (κ1) is 18.7. The van der Waals surface area contributed by atoms with Crippen molar-refractivity contribution in [2.24, 2.45) is 5.92 Å². The maximum absolute atomic E-state index is 11.7. The SMILES string of the molecule is COC(=O)C(CC(C)C)NC(=O)N[C@@H](CC(=O)O)C(=O)O. The number of carboxylic acid groups (broad SMARTS) is 2. The fourth-order valence-electron chi connectivity index (χ4n) is 1.56. The maximum Gasteiger partial charge on any atom is 0.328 e. The van der Waals surface area contributed by atoms with E-state index in [9.17, 15) is 19.2 Å². The van der Waals surface area contributed by atoms with Crippen molar-refractivity contribution in [3.05, 3.63) is 0 Å². The molecule has 0 bridgehead atoms. The molecule has 0 radical (unpaired) electrons. The van der Waals surface area contributed by atoms with Crippen LogP contribution in [0.15, 0.2) is 0 Å². The minimum atomic E-state index is -1.58. The number of nitrogens with one attached hydrogen (secondary N) is 2. The Balaban J connectivity index is 4.70. The van der Waals surface area contributed by atoms with Gasteiger partial charge in [-0.3, -0.25) is 4.79 Å². The van der Waals surface area contributed by atoms with E-state index in [1.165, 1.54) is 7.11 Å². The number of ether oxygens (including phenoxy) is 1. The van der Waals surface area contributed by atoms with Crippen LogP contribution >= 0.6 is 0 Å². The molecule has 0 aromatic rings. The lowest BCUT2D eigenvalue weighted by atomic mass is 10.0. The van der Waals surface area contributed by atoms with Crippen LogP contribution in [0.1, 0.15) is 26.7 Å². The lowest BCUT2D eigenvalue weighted by Gasteiger charge is -2.20. The molecule has 4 N–H and O–H groups in total. The summed E-state index contributed by atoms with van der Waals surface area (Å²) in [6.45, 7) is 3.67. The molecule has 0 aliphatic heterocycles. The zero-order valence-corrected chi connectivity index (χ0v) is 12.1. The first-order valence-electron chi connectivity index (χ1n) is 6.26. The molecular formula is C12H20N2O7. The number of carboxylic acids is 2. The van der Waals surface area contributed by atoms with E-state index in [2.05, 4.69) is 10.1 Å². The topological polar surface area (TPSA) is 142 Å². The molecule has 1 unspecified atom stereocenters. The van der Waals surface area contributed by atoms with Crippen LogP contribution in [0.2, 0.25) is 0 Å². The van der Waals surface area contributed by atoms with Gasteiger partial charge in [0.05, 0.1) is 13.5 Å². The Labute approximate surface area is 121 Å². The number of methoxy groups -OCH3 is 1. The summed E-state index contributed by atoms with van der Waals surface area (Å²) in [6, 6.07) is -3.46. The van der Waals surface area contributed by atoms with E-state index in [4.69, 9.17) is 10.2 Å². The Kier molecular flexibility index (Phi) is 7.80. The summed E-state index contributed by atoms with van der Waals surface area (Å²) in [5.41, 5.74) is 0. The minimum Gasteiger partial charge on any atom is -0.481 e. The molecule has 120 valence electrons. The van der Waals surface area contributed by atoms with Gasteiger partial charge in [0.25, 0.3) is 0 Å². The number of carbonyl (C=O) groups excluding carboxylic acids is 2. The van der Waals surface area contributed by atoms with Gasteiger partial charge in [0.15, 0.2) is 0 Å². The van der Waals surface area contributed by atoms with Gasteiger partial charge in [-0.1, -0.05) is 13.8 Å². The summed E-state index contributed by atoms with van der Waals surface area (Å²) in [5, 5.41) is 21.6. The van der Waals surface area contributed by atoms with Crippen LogP contribution in [-0.4, -0.2) is 53.3 Å². The van der Waals surface area contributed by atoms with Crippen LogP contribution in [-0.2, 0) is 19.1 Å². The zero-order chi connectivity index (χ0) is 16.6. The highest BCUT2D eigenvalue weighted by molar-refractivity contribution is 5.88. The second-order valence-corrected chi connectivity index (χ2v) is 4.81. The van der Waals surface area contributed by atoms with Gasteiger partial charge >= 0.3 is 23.9 Å². The minimum absolute atomic E-state index is 0.0868. The average molecular weight is 304 g/mol. The molecule has 21 heavy (non-hydrogen) atoms. The fraction of sp³-hybridized carbons (Fsp3) is 0.667. The standard InChI is InChI=1S/C12H20N2O7/c1-6(2)4-8(11(19)21-3)14-12(20)13-7(10(17)18)5-9(15)16/h6-8H,4-5H2,1-3H3,(H,15,16)(H,17,18)(H2,13,14,20)/t7-,8?/m0/s1. The van der Waals surface area contributed by atoms with Crippen molar-refractivity contribution in [3.8, 4) is 0 Å². The van der Waals surface area contributed by atoms with Gasteiger partial charge in [0.1, 0.15) is 12.1 Å². The first-order chi connectivity index (χ1) is 9.67. The number of urea groups is 1. The number of hydrogen-bond donors (Lipinski definition) is 4. The molecular weight excluding hydrogens is 284 g/mol. The molecule has 0 fully saturated rings. The molecule has 0 heterocycles. The van der Waals surface area contributed by atoms with Crippen molar-refractivity contribution >= 4 is 23.9 Å². The normalized spacial score (nSPS) is 13.1. The van der Waals surface area contributed by atoms with Gasteiger partial charge in [-0.2, -0.15) is 0 Å². The van der Waals surface area contributed by atoms with Crippen LogP contribution < -0.4 is 10.6 Å². The third-order valence-corrected chi connectivity index (χ3v) is 2.48. The summed E-state index contributed by atoms with van der Waals surface area (Å²) in [4.78, 5) is 44.5. The molecule has 2 amide bonds. The number of aliphatic carboxylic acids is 2. The zero-order valence-electron chi connectivity index (χ0n) is 12.1. The number of amides is 2. The van der Waals surface area contributed by atoms with Crippen molar-refractivity contribution in [1.29, 1.82) is 0 Å². The number of hydrogen-bond acceptors (Lipinski definition) is 5. The van der Waals surface area contributed by atoms with Crippen molar-refractivity contribution in [2.75, 3.05) is 7.11 Å². The highest BCUT2D eigenvalue weighted by Gasteiger charge is 2.27. The highest BCUT2D eigenvalue weighted by Crippen LogP contribution is 2.06. The van der Waals surface area contributed by atoms with Crippen molar-refractivity contribution in [1.82, 2.24) is 10.6 Å². The van der Waals surface area contributed by atoms with E-state index in [-0.39, 0.29) is 5.92 Å². The quantitative estimate of drug-likeness (QED) is 0.455. The molecule has 9 heteroatoms. The van der Waals surface area contributed by atoms with Crippen LogP contribution in [0.4, 0.5) is 4.79 Å². The van der Waals surface area contributed by atoms with Gasteiger partial charge in [0.2, 0.25) is 0 Å². The summed E-state index contributed by atoms with van der Waals surface area (Å²) >= 11 is 0. The molecule has 0 spiro atoms. The van der Waals surface area contributed by atoms with Gasteiger partial charge in [-0.25, -0.2) is 14.4 Å². The van der Waals surface area contributed by atoms with Crippen LogP contribution in [0.3, 0.4) is 0 Å². The van der Waals surface area contributed by atoms with E-state index in [0.29, 0.717) is 6.42 Å². The third-order valence-electron chi connectivity index (χ3n) is 2.48. The summed E-state index contributed by atoms with van der Waals surface area (Å²) < 4.78 is 4.54. The van der Waals surface area contributed by atoms with Crippen molar-refractivity contribution < 1.29 is 34.1 Å². The van der Waals surface area contributed by atoms with E-state index in [0.717, 1.165) is 0 Å². The number of rotatable bonds is 8. The van der Waals surface area contributed by atoms with Crippen LogP contribution in [0, 0.1) is 5.92 Å². The molecule has 0 aromatic heterocycles. The monoisotopic (exact) mass is 304 g/mol. The molecule has 0 aliphatic carbocycles. The Hall–Kier alpha value is -2.32. The van der Waals surface area contributed by atoms with Gasteiger partial charge in [0, 0.05) is 0 Å². The van der Waals surface area contributed by atoms with Crippen LogP contribution in [0.5, 0.6) is 0 Å². The lowest BCUT2D eigenvalue weighted by molar-refractivity contribution is -0.145. The largest absolute Gasteiger partial charge is 0.481 e. The van der Waals surface area contributed by atoms with E-state index >= 15 is 0 Å². The predicted molar refractivity (Wildman–Crippen MR) is 70.6 cm³/mol. The van der Waals surface area contributed by atoms with Gasteiger partial charge < -0.3 is 25.6 Å².